The number of carbonyl (C=O) groups is 2. The van der Waals surface area contributed by atoms with Crippen LogP contribution in [0.2, 0.25) is 0 Å². The molecule has 1 aliphatic heterocycles. The Hall–Kier alpha value is -1.88. The summed E-state index contributed by atoms with van der Waals surface area (Å²) in [5.41, 5.74) is 2.24. The maximum atomic E-state index is 11.7. The summed E-state index contributed by atoms with van der Waals surface area (Å²) in [5, 5.41) is 10.5. The second-order valence-corrected chi connectivity index (χ2v) is 5.88. The molecule has 0 unspecified atom stereocenters. The van der Waals surface area contributed by atoms with Crippen molar-refractivity contribution in [2.75, 3.05) is 6.61 Å². The molecule has 1 heterocycles. The predicted octanol–water partition coefficient (Wildman–Crippen LogP) is 2.06. The van der Waals surface area contributed by atoms with Crippen molar-refractivity contribution >= 4 is 11.9 Å². The third-order valence-electron chi connectivity index (χ3n) is 4.04. The minimum atomic E-state index is -0.875. The van der Waals surface area contributed by atoms with Crippen LogP contribution in [0, 0.1) is 5.92 Å². The summed E-state index contributed by atoms with van der Waals surface area (Å²) in [7, 11) is 0. The van der Waals surface area contributed by atoms with Crippen LogP contribution in [-0.2, 0) is 19.1 Å². The molecule has 0 bridgehead atoms. The Kier molecular flexibility index (Phi) is 5.19. The van der Waals surface area contributed by atoms with E-state index in [2.05, 4.69) is 12.7 Å². The fourth-order valence-electron chi connectivity index (χ4n) is 2.89. The first kappa shape index (κ1) is 16.5. The highest BCUT2D eigenvalue weighted by Crippen LogP contribution is 2.35. The lowest BCUT2D eigenvalue weighted by Crippen LogP contribution is -2.29. The van der Waals surface area contributed by atoms with Gasteiger partial charge in [0.25, 0.3) is 0 Å². The number of rotatable bonds is 2. The number of hydrogen-bond donors (Lipinski definition) is 1. The van der Waals surface area contributed by atoms with E-state index in [0.717, 1.165) is 17.6 Å². The third kappa shape index (κ3) is 3.85. The van der Waals surface area contributed by atoms with E-state index in [1.165, 1.54) is 6.92 Å². The van der Waals surface area contributed by atoms with Gasteiger partial charge in [-0.1, -0.05) is 24.3 Å². The van der Waals surface area contributed by atoms with Crippen LogP contribution in [-0.4, -0.2) is 35.9 Å². The number of aliphatic hydroxyl groups excluding tert-OH is 1. The summed E-state index contributed by atoms with van der Waals surface area (Å²) in [6, 6.07) is 0. The Morgan fingerprint density at radius 1 is 1.55 bits per heavy atom. The van der Waals surface area contributed by atoms with Crippen molar-refractivity contribution in [2.24, 2.45) is 5.92 Å². The first-order valence-corrected chi connectivity index (χ1v) is 7.45. The Morgan fingerprint density at radius 3 is 2.95 bits per heavy atom. The molecular weight excluding hydrogens is 284 g/mol. The molecule has 0 spiro atoms. The number of allylic oxidation sites excluding steroid dienone is 1. The maximum absolute atomic E-state index is 11.7. The summed E-state index contributed by atoms with van der Waals surface area (Å²) in [6.45, 7) is 7.23. The van der Waals surface area contributed by atoms with Crippen molar-refractivity contribution < 1.29 is 24.2 Å². The van der Waals surface area contributed by atoms with E-state index in [1.54, 1.807) is 6.08 Å². The van der Waals surface area contributed by atoms with Gasteiger partial charge in [-0.15, -0.1) is 0 Å². The molecular formula is C17H22O5. The van der Waals surface area contributed by atoms with E-state index in [0.29, 0.717) is 18.4 Å². The summed E-state index contributed by atoms with van der Waals surface area (Å²) in [4.78, 5) is 22.7. The summed E-state index contributed by atoms with van der Waals surface area (Å²) < 4.78 is 10.4. The molecule has 0 aromatic heterocycles. The van der Waals surface area contributed by atoms with Gasteiger partial charge in [-0.25, -0.2) is 4.79 Å². The lowest BCUT2D eigenvalue weighted by molar-refractivity contribution is -0.140. The summed E-state index contributed by atoms with van der Waals surface area (Å²) in [6.07, 6.45) is 4.57. The Bertz CT molecular complexity index is 543. The molecule has 0 amide bonds. The summed E-state index contributed by atoms with van der Waals surface area (Å²) >= 11 is 0. The zero-order valence-corrected chi connectivity index (χ0v) is 13.0. The molecule has 5 nitrogen and oxygen atoms in total. The highest BCUT2D eigenvalue weighted by Gasteiger charge is 2.42. The number of hydrogen-bond acceptors (Lipinski definition) is 5. The first-order chi connectivity index (χ1) is 10.4. The Balaban J connectivity index is 2.25. The molecule has 2 rings (SSSR count). The van der Waals surface area contributed by atoms with Gasteiger partial charge in [0.15, 0.2) is 0 Å². The number of ether oxygens (including phenoxy) is 2. The van der Waals surface area contributed by atoms with Gasteiger partial charge < -0.3 is 14.6 Å². The van der Waals surface area contributed by atoms with Crippen molar-refractivity contribution in [1.82, 2.24) is 0 Å². The Labute approximate surface area is 130 Å². The van der Waals surface area contributed by atoms with E-state index < -0.39 is 24.1 Å². The molecule has 1 fully saturated rings. The van der Waals surface area contributed by atoms with E-state index in [-0.39, 0.29) is 12.6 Å². The quantitative estimate of drug-likeness (QED) is 0.480. The van der Waals surface area contributed by atoms with Crippen LogP contribution in [0.1, 0.15) is 33.1 Å². The van der Waals surface area contributed by atoms with Gasteiger partial charge in [-0.3, -0.25) is 4.79 Å². The van der Waals surface area contributed by atoms with Gasteiger partial charge in [0, 0.05) is 18.9 Å². The zero-order valence-electron chi connectivity index (χ0n) is 13.0. The SMILES string of the molecule is C=C1C(=O)O[C@H]2C/C(C)=C/CC/C(COC(C)=O)=C\[C@@H](O)[C@H]12. The highest BCUT2D eigenvalue weighted by atomic mass is 16.6. The van der Waals surface area contributed by atoms with Gasteiger partial charge in [0.2, 0.25) is 0 Å². The second-order valence-electron chi connectivity index (χ2n) is 5.88. The van der Waals surface area contributed by atoms with Crippen molar-refractivity contribution in [3.05, 3.63) is 35.5 Å². The van der Waals surface area contributed by atoms with Gasteiger partial charge in [-0.2, -0.15) is 0 Å². The average Bonchev–Trinajstić information content (AvgIpc) is 2.70. The normalized spacial score (nSPS) is 33.9. The lowest BCUT2D eigenvalue weighted by Gasteiger charge is -2.23. The molecule has 0 saturated carbocycles. The van der Waals surface area contributed by atoms with Crippen LogP contribution in [0.25, 0.3) is 0 Å². The van der Waals surface area contributed by atoms with E-state index in [1.807, 2.05) is 6.92 Å². The number of fused-ring (bicyclic) bond motifs is 1. The third-order valence-corrected chi connectivity index (χ3v) is 4.04. The van der Waals surface area contributed by atoms with Crippen molar-refractivity contribution in [3.8, 4) is 0 Å². The topological polar surface area (TPSA) is 72.8 Å². The molecule has 22 heavy (non-hydrogen) atoms. The molecule has 120 valence electrons. The first-order valence-electron chi connectivity index (χ1n) is 7.45. The maximum Gasteiger partial charge on any atom is 0.334 e. The molecule has 1 aliphatic carbocycles. The predicted molar refractivity (Wildman–Crippen MR) is 80.8 cm³/mol. The van der Waals surface area contributed by atoms with Gasteiger partial charge in [-0.05, 0) is 25.3 Å². The van der Waals surface area contributed by atoms with Crippen molar-refractivity contribution in [2.45, 2.75) is 45.3 Å². The molecule has 1 N–H and O–H groups in total. The van der Waals surface area contributed by atoms with Gasteiger partial charge in [0.1, 0.15) is 12.7 Å². The van der Waals surface area contributed by atoms with Crippen LogP contribution in [0.5, 0.6) is 0 Å². The smallest absolute Gasteiger partial charge is 0.334 e. The minimum absolute atomic E-state index is 0.151. The molecule has 2 aliphatic rings. The molecule has 0 aromatic carbocycles. The standard InChI is InChI=1S/C17H22O5/c1-10-5-4-6-13(9-21-12(3)18)8-14(19)16-11(2)17(20)22-15(16)7-10/h5,8,14-16,19H,2,4,6-7,9H2,1,3H3/b10-5+,13-8+/t14-,15+,16+/m1/s1. The van der Waals surface area contributed by atoms with Crippen molar-refractivity contribution in [1.29, 1.82) is 0 Å². The monoisotopic (exact) mass is 306 g/mol. The van der Waals surface area contributed by atoms with Crippen LogP contribution in [0.15, 0.2) is 35.5 Å². The molecule has 3 atom stereocenters. The van der Waals surface area contributed by atoms with Crippen LogP contribution in [0.3, 0.4) is 0 Å². The molecule has 0 radical (unpaired) electrons. The van der Waals surface area contributed by atoms with E-state index >= 15 is 0 Å². The largest absolute Gasteiger partial charge is 0.461 e. The van der Waals surface area contributed by atoms with Gasteiger partial charge in [0.05, 0.1) is 12.0 Å². The minimum Gasteiger partial charge on any atom is -0.461 e. The van der Waals surface area contributed by atoms with Crippen LogP contribution >= 0.6 is 0 Å². The van der Waals surface area contributed by atoms with Crippen molar-refractivity contribution in [3.63, 3.8) is 0 Å². The molecule has 5 heteroatoms. The fraction of sp³-hybridized carbons (Fsp3) is 0.529. The highest BCUT2D eigenvalue weighted by molar-refractivity contribution is 5.91. The molecule has 0 aromatic rings. The van der Waals surface area contributed by atoms with Crippen LogP contribution in [0.4, 0.5) is 0 Å². The fourth-order valence-corrected chi connectivity index (χ4v) is 2.89. The average molecular weight is 306 g/mol. The second kappa shape index (κ2) is 6.92. The molecule has 1 saturated heterocycles. The van der Waals surface area contributed by atoms with E-state index in [9.17, 15) is 14.7 Å². The van der Waals surface area contributed by atoms with Crippen LogP contribution < -0.4 is 0 Å². The zero-order chi connectivity index (χ0) is 16.3. The Morgan fingerprint density at radius 2 is 2.27 bits per heavy atom. The number of aliphatic hydroxyl groups is 1. The summed E-state index contributed by atoms with van der Waals surface area (Å²) in [5.74, 6) is -1.27. The number of esters is 2. The lowest BCUT2D eigenvalue weighted by atomic mass is 9.86. The van der Waals surface area contributed by atoms with E-state index in [4.69, 9.17) is 9.47 Å². The van der Waals surface area contributed by atoms with Gasteiger partial charge >= 0.3 is 11.9 Å². The number of carbonyl (C=O) groups excluding carboxylic acids is 2.